The molecule has 0 unspecified atom stereocenters. The summed E-state index contributed by atoms with van der Waals surface area (Å²) in [4.78, 5) is 23.1. The Morgan fingerprint density at radius 2 is 1.86 bits per heavy atom. The fourth-order valence-electron chi connectivity index (χ4n) is 1.93. The summed E-state index contributed by atoms with van der Waals surface area (Å²) in [6.07, 6.45) is 0.801. The van der Waals surface area contributed by atoms with Gasteiger partial charge in [0.05, 0.1) is 17.3 Å². The van der Waals surface area contributed by atoms with Crippen molar-refractivity contribution in [3.8, 4) is 0 Å². The highest BCUT2D eigenvalue weighted by molar-refractivity contribution is 7.91. The molecule has 0 spiro atoms. The topological polar surface area (TPSA) is 110 Å². The van der Waals surface area contributed by atoms with Crippen LogP contribution in [0.25, 0.3) is 0 Å². The van der Waals surface area contributed by atoms with E-state index in [1.807, 2.05) is 0 Å². The fourth-order valence-corrected chi connectivity index (χ4v) is 3.10. The van der Waals surface area contributed by atoms with Gasteiger partial charge in [0.15, 0.2) is 9.84 Å². The molecule has 0 atom stereocenters. The molecule has 0 aromatic heterocycles. The summed E-state index contributed by atoms with van der Waals surface area (Å²) >= 11 is 0. The lowest BCUT2D eigenvalue weighted by Crippen LogP contribution is -2.43. The van der Waals surface area contributed by atoms with E-state index in [9.17, 15) is 18.0 Å². The number of amides is 1. The van der Waals surface area contributed by atoms with Gasteiger partial charge in [0.2, 0.25) is 0 Å². The molecule has 1 aromatic rings. The van der Waals surface area contributed by atoms with E-state index < -0.39 is 27.3 Å². The predicted octanol–water partition coefficient (Wildman–Crippen LogP) is 0.454. The lowest BCUT2D eigenvalue weighted by Gasteiger charge is -2.12. The Bertz CT molecular complexity index is 676. The number of hydrogen-bond acceptors (Lipinski definition) is 5. The molecule has 2 N–H and O–H groups in total. The number of benzene rings is 1. The monoisotopic (exact) mass is 327 g/mol. The van der Waals surface area contributed by atoms with E-state index in [4.69, 9.17) is 9.84 Å². The molecule has 0 heterocycles. The van der Waals surface area contributed by atoms with E-state index in [-0.39, 0.29) is 22.8 Å². The molecule has 1 amide bonds. The molecule has 7 nitrogen and oxygen atoms in total. The standard InChI is InChI=1S/C14H17NO6S/c1-21-8-9-22(19,20)11-4-2-10(3-5-11)12(16)15-14(6-7-14)13(17)18/h2-5H,6-9H2,1H3,(H,15,16)(H,17,18). The molecule has 0 aliphatic heterocycles. The Labute approximate surface area is 128 Å². The number of sulfone groups is 1. The lowest BCUT2D eigenvalue weighted by molar-refractivity contribution is -0.140. The fraction of sp³-hybridized carbons (Fsp3) is 0.429. The normalized spacial score (nSPS) is 16.0. The first kappa shape index (κ1) is 16.4. The summed E-state index contributed by atoms with van der Waals surface area (Å²) in [5, 5.41) is 11.5. The maximum atomic E-state index is 12.0. The number of nitrogens with one attached hydrogen (secondary N) is 1. The van der Waals surface area contributed by atoms with Crippen LogP contribution in [-0.2, 0) is 19.4 Å². The highest BCUT2D eigenvalue weighted by Crippen LogP contribution is 2.35. The molecule has 0 bridgehead atoms. The summed E-state index contributed by atoms with van der Waals surface area (Å²) in [5.74, 6) is -1.72. The van der Waals surface area contributed by atoms with Gasteiger partial charge in [-0.15, -0.1) is 0 Å². The minimum Gasteiger partial charge on any atom is -0.480 e. The van der Waals surface area contributed by atoms with E-state index >= 15 is 0 Å². The third-order valence-electron chi connectivity index (χ3n) is 3.54. The molecular weight excluding hydrogens is 310 g/mol. The minimum absolute atomic E-state index is 0.0890. The summed E-state index contributed by atoms with van der Waals surface area (Å²) in [5.41, 5.74) is -0.946. The van der Waals surface area contributed by atoms with Gasteiger partial charge < -0.3 is 15.2 Å². The smallest absolute Gasteiger partial charge is 0.329 e. The molecule has 1 fully saturated rings. The summed E-state index contributed by atoms with van der Waals surface area (Å²) < 4.78 is 28.6. The third-order valence-corrected chi connectivity index (χ3v) is 5.24. The van der Waals surface area contributed by atoms with Gasteiger partial charge in [-0.1, -0.05) is 0 Å². The van der Waals surface area contributed by atoms with Crippen molar-refractivity contribution >= 4 is 21.7 Å². The summed E-state index contributed by atoms with van der Waals surface area (Å²) in [6.45, 7) is 0.0890. The largest absolute Gasteiger partial charge is 0.480 e. The van der Waals surface area contributed by atoms with E-state index in [2.05, 4.69) is 5.32 Å². The molecule has 8 heteroatoms. The molecule has 1 aliphatic carbocycles. The van der Waals surface area contributed by atoms with Crippen LogP contribution in [0.4, 0.5) is 0 Å². The Morgan fingerprint density at radius 1 is 1.27 bits per heavy atom. The maximum Gasteiger partial charge on any atom is 0.329 e. The quantitative estimate of drug-likeness (QED) is 0.752. The van der Waals surface area contributed by atoms with Crippen molar-refractivity contribution in [2.75, 3.05) is 19.5 Å². The number of carbonyl (C=O) groups is 2. The average molecular weight is 327 g/mol. The second kappa shape index (κ2) is 6.05. The van der Waals surface area contributed by atoms with E-state index in [1.165, 1.54) is 31.4 Å². The van der Waals surface area contributed by atoms with Crippen molar-refractivity contribution in [2.24, 2.45) is 0 Å². The lowest BCUT2D eigenvalue weighted by atomic mass is 10.2. The first-order valence-corrected chi connectivity index (χ1v) is 8.34. The van der Waals surface area contributed by atoms with E-state index in [0.29, 0.717) is 12.8 Å². The second-order valence-corrected chi connectivity index (χ2v) is 7.29. The average Bonchev–Trinajstić information content (AvgIpc) is 3.26. The van der Waals surface area contributed by atoms with E-state index in [1.54, 1.807) is 0 Å². The number of carboxylic acid groups (broad SMARTS) is 1. The van der Waals surface area contributed by atoms with Crippen LogP contribution >= 0.6 is 0 Å². The van der Waals surface area contributed by atoms with Crippen molar-refractivity contribution in [1.29, 1.82) is 0 Å². The number of aliphatic carboxylic acids is 1. The molecular formula is C14H17NO6S. The van der Waals surface area contributed by atoms with Crippen molar-refractivity contribution in [2.45, 2.75) is 23.3 Å². The van der Waals surface area contributed by atoms with Crippen LogP contribution in [-0.4, -0.2) is 50.4 Å². The molecule has 120 valence electrons. The second-order valence-electron chi connectivity index (χ2n) is 5.18. The minimum atomic E-state index is -3.45. The van der Waals surface area contributed by atoms with Gasteiger partial charge >= 0.3 is 5.97 Å². The Balaban J connectivity index is 2.09. The van der Waals surface area contributed by atoms with Crippen molar-refractivity contribution in [1.82, 2.24) is 5.32 Å². The Kier molecular flexibility index (Phi) is 4.52. The van der Waals surface area contributed by atoms with Crippen LogP contribution in [0.2, 0.25) is 0 Å². The Morgan fingerprint density at radius 3 is 2.32 bits per heavy atom. The van der Waals surface area contributed by atoms with Crippen molar-refractivity contribution in [3.05, 3.63) is 29.8 Å². The van der Waals surface area contributed by atoms with Crippen LogP contribution in [0.1, 0.15) is 23.2 Å². The van der Waals surface area contributed by atoms with Gasteiger partial charge in [0.1, 0.15) is 5.54 Å². The SMILES string of the molecule is COCCS(=O)(=O)c1ccc(C(=O)NC2(C(=O)O)CC2)cc1. The van der Waals surface area contributed by atoms with Gasteiger partial charge in [-0.3, -0.25) is 4.79 Å². The number of methoxy groups -OCH3 is 1. The molecule has 0 saturated heterocycles. The number of carboxylic acids is 1. The zero-order valence-corrected chi connectivity index (χ0v) is 12.9. The van der Waals surface area contributed by atoms with Crippen molar-refractivity contribution < 1.29 is 27.9 Å². The number of ether oxygens (including phenoxy) is 1. The molecule has 1 aromatic carbocycles. The van der Waals surface area contributed by atoms with Gasteiger partial charge in [-0.25, -0.2) is 13.2 Å². The molecule has 22 heavy (non-hydrogen) atoms. The highest BCUT2D eigenvalue weighted by atomic mass is 32.2. The van der Waals surface area contributed by atoms with Crippen LogP contribution in [0.3, 0.4) is 0 Å². The number of hydrogen-bond donors (Lipinski definition) is 2. The zero-order valence-electron chi connectivity index (χ0n) is 12.0. The molecule has 1 saturated carbocycles. The summed E-state index contributed by atoms with van der Waals surface area (Å²) in [7, 11) is -2.04. The van der Waals surface area contributed by atoms with E-state index in [0.717, 1.165) is 0 Å². The maximum absolute atomic E-state index is 12.0. The number of carbonyl (C=O) groups excluding carboxylic acids is 1. The van der Waals surface area contributed by atoms with Crippen LogP contribution in [0, 0.1) is 0 Å². The molecule has 0 radical (unpaired) electrons. The van der Waals surface area contributed by atoms with Crippen LogP contribution in [0.5, 0.6) is 0 Å². The first-order valence-electron chi connectivity index (χ1n) is 6.68. The zero-order chi connectivity index (χ0) is 16.4. The molecule has 1 aliphatic rings. The third kappa shape index (κ3) is 3.45. The highest BCUT2D eigenvalue weighted by Gasteiger charge is 2.51. The molecule has 2 rings (SSSR count). The van der Waals surface area contributed by atoms with Crippen molar-refractivity contribution in [3.63, 3.8) is 0 Å². The summed E-state index contributed by atoms with van der Waals surface area (Å²) in [6, 6.07) is 5.40. The van der Waals surface area contributed by atoms with Crippen LogP contribution in [0.15, 0.2) is 29.2 Å². The first-order chi connectivity index (χ1) is 10.3. The Hall–Kier alpha value is -1.93. The van der Waals surface area contributed by atoms with Gasteiger partial charge in [-0.2, -0.15) is 0 Å². The van der Waals surface area contributed by atoms with Gasteiger partial charge in [-0.05, 0) is 37.1 Å². The predicted molar refractivity (Wildman–Crippen MR) is 77.4 cm³/mol. The van der Waals surface area contributed by atoms with Gasteiger partial charge in [0.25, 0.3) is 5.91 Å². The van der Waals surface area contributed by atoms with Crippen LogP contribution < -0.4 is 5.32 Å². The van der Waals surface area contributed by atoms with Gasteiger partial charge in [0, 0.05) is 12.7 Å². The number of rotatable bonds is 7.